The van der Waals surface area contributed by atoms with Crippen LogP contribution < -0.4 is 19.5 Å². The second-order valence-electron chi connectivity index (χ2n) is 12.2. The van der Waals surface area contributed by atoms with Crippen LogP contribution in [0.5, 0.6) is 17.2 Å². The summed E-state index contributed by atoms with van der Waals surface area (Å²) in [6, 6.07) is 15.3. The zero-order chi connectivity index (χ0) is 35.3. The number of unbranched alkanes of at least 4 members (excludes halogenated alkanes) is 2. The predicted octanol–water partition coefficient (Wildman–Crippen LogP) is 6.44. The van der Waals surface area contributed by atoms with Gasteiger partial charge < -0.3 is 29.2 Å². The molecule has 2 amide bonds. The molecular weight excluding hydrogens is 612 g/mol. The average Bonchev–Trinajstić information content (AvgIpc) is 3.04. The molecule has 0 bridgehead atoms. The molecule has 0 spiro atoms. The highest BCUT2D eigenvalue weighted by molar-refractivity contribution is 6.11. The van der Waals surface area contributed by atoms with Gasteiger partial charge in [-0.2, -0.15) is 0 Å². The molecule has 11 heteroatoms. The monoisotopic (exact) mass is 660 g/mol. The molecule has 0 atom stereocenters. The lowest BCUT2D eigenvalue weighted by Crippen LogP contribution is -2.43. The Bertz CT molecular complexity index is 1510. The number of esters is 1. The van der Waals surface area contributed by atoms with Crippen molar-refractivity contribution < 1.29 is 33.3 Å². The molecule has 258 valence electrons. The average molecular weight is 661 g/mol. The van der Waals surface area contributed by atoms with Gasteiger partial charge in [-0.1, -0.05) is 0 Å². The van der Waals surface area contributed by atoms with Gasteiger partial charge in [0, 0.05) is 36.1 Å². The minimum atomic E-state index is -1.32. The lowest BCUT2D eigenvalue weighted by Gasteiger charge is -2.32. The van der Waals surface area contributed by atoms with Crippen LogP contribution in [0.1, 0.15) is 94.0 Å². The van der Waals surface area contributed by atoms with E-state index in [1.54, 1.807) is 86.5 Å². The minimum absolute atomic E-state index is 0.00822. The van der Waals surface area contributed by atoms with Crippen molar-refractivity contribution in [3.05, 3.63) is 83.7 Å². The van der Waals surface area contributed by atoms with Crippen molar-refractivity contribution in [3.8, 4) is 17.2 Å². The lowest BCUT2D eigenvalue weighted by atomic mass is 10.1. The Morgan fingerprint density at radius 1 is 0.875 bits per heavy atom. The van der Waals surface area contributed by atoms with Crippen LogP contribution >= 0.6 is 0 Å². The number of ether oxygens (including phenoxy) is 4. The molecule has 0 saturated heterocycles. The number of benzene rings is 2. The number of hydrogen-bond acceptors (Lipinski definition) is 9. The molecule has 1 heterocycles. The summed E-state index contributed by atoms with van der Waals surface area (Å²) in [6.07, 6.45) is 5.46. The smallest absolute Gasteiger partial charge is 0.349 e. The van der Waals surface area contributed by atoms with Crippen LogP contribution in [0, 0.1) is 5.41 Å². The Morgan fingerprint density at radius 3 is 2.08 bits per heavy atom. The van der Waals surface area contributed by atoms with Gasteiger partial charge in [0.1, 0.15) is 23.1 Å². The van der Waals surface area contributed by atoms with Crippen LogP contribution in [0.2, 0.25) is 0 Å². The van der Waals surface area contributed by atoms with Crippen molar-refractivity contribution in [2.45, 2.75) is 85.4 Å². The van der Waals surface area contributed by atoms with E-state index in [-0.39, 0.29) is 36.2 Å². The summed E-state index contributed by atoms with van der Waals surface area (Å²) >= 11 is 0. The molecule has 11 nitrogen and oxygen atoms in total. The topological polar surface area (TPSA) is 140 Å². The third-order valence-corrected chi connectivity index (χ3v) is 7.29. The summed E-state index contributed by atoms with van der Waals surface area (Å²) in [5, 5.41) is 10.8. The standard InChI is InChI=1S/C37H48N4O7/c1-8-45-36(44)37(6,7)48-32-23-30(18-19-31(32)35(43)41(25(2)3)26(4)5)47-22-11-9-10-21-46-29-16-14-27(15-17-29)33(38)40-34(42)28-13-12-20-39-24-28/h12-20,23-26H,8-11,21-22H2,1-7H3,(H2,38,40,42). The maximum Gasteiger partial charge on any atom is 0.349 e. The number of carbonyl (C=O) groups is 3. The van der Waals surface area contributed by atoms with Crippen molar-refractivity contribution in [1.29, 1.82) is 5.41 Å². The fraction of sp³-hybridized carbons (Fsp3) is 0.432. The van der Waals surface area contributed by atoms with E-state index in [1.807, 2.05) is 27.7 Å². The van der Waals surface area contributed by atoms with Crippen molar-refractivity contribution in [1.82, 2.24) is 15.2 Å². The molecule has 0 saturated carbocycles. The van der Waals surface area contributed by atoms with Crippen LogP contribution in [0.15, 0.2) is 67.0 Å². The number of pyridine rings is 1. The van der Waals surface area contributed by atoms with Crippen molar-refractivity contribution in [3.63, 3.8) is 0 Å². The zero-order valence-electron chi connectivity index (χ0n) is 29.0. The summed E-state index contributed by atoms with van der Waals surface area (Å²) in [5.41, 5.74) is -0.0309. The quantitative estimate of drug-likeness (QED) is 0.0729. The Hall–Kier alpha value is -4.93. The Labute approximate surface area is 283 Å². The molecule has 0 aliphatic rings. The molecule has 0 aliphatic carbocycles. The number of rotatable bonds is 17. The molecule has 2 N–H and O–H groups in total. The first-order valence-corrected chi connectivity index (χ1v) is 16.3. The molecule has 0 radical (unpaired) electrons. The number of hydrogen-bond donors (Lipinski definition) is 2. The Balaban J connectivity index is 1.51. The van der Waals surface area contributed by atoms with E-state index < -0.39 is 17.5 Å². The number of amidine groups is 1. The second-order valence-corrected chi connectivity index (χ2v) is 12.2. The summed E-state index contributed by atoms with van der Waals surface area (Å²) in [4.78, 5) is 44.1. The maximum atomic E-state index is 13.6. The molecule has 0 aliphatic heterocycles. The SMILES string of the molecule is CCOC(=O)C(C)(C)Oc1cc(OCCCCCOc2ccc(C(=N)NC(=O)c3cccnc3)cc2)ccc1C(=O)N(C(C)C)C(C)C. The van der Waals surface area contributed by atoms with E-state index in [2.05, 4.69) is 10.3 Å². The maximum absolute atomic E-state index is 13.6. The normalized spacial score (nSPS) is 11.2. The van der Waals surface area contributed by atoms with Gasteiger partial charge in [0.15, 0.2) is 5.60 Å². The summed E-state index contributed by atoms with van der Waals surface area (Å²) in [7, 11) is 0. The fourth-order valence-corrected chi connectivity index (χ4v) is 4.91. The van der Waals surface area contributed by atoms with Gasteiger partial charge in [-0.25, -0.2) is 4.79 Å². The number of nitrogens with zero attached hydrogens (tertiary/aromatic N) is 2. The van der Waals surface area contributed by atoms with Gasteiger partial charge in [-0.3, -0.25) is 20.0 Å². The van der Waals surface area contributed by atoms with Gasteiger partial charge in [-0.15, -0.1) is 0 Å². The van der Waals surface area contributed by atoms with E-state index in [0.717, 1.165) is 19.3 Å². The molecule has 0 fully saturated rings. The van der Waals surface area contributed by atoms with Crippen LogP contribution in [0.25, 0.3) is 0 Å². The van der Waals surface area contributed by atoms with Gasteiger partial charge in [-0.05, 0) is 116 Å². The molecule has 3 aromatic rings. The molecule has 48 heavy (non-hydrogen) atoms. The molecule has 1 aromatic heterocycles. The lowest BCUT2D eigenvalue weighted by molar-refractivity contribution is -0.158. The first-order chi connectivity index (χ1) is 22.8. The third-order valence-electron chi connectivity index (χ3n) is 7.29. The minimum Gasteiger partial charge on any atom is -0.494 e. The van der Waals surface area contributed by atoms with Crippen molar-refractivity contribution in [2.75, 3.05) is 19.8 Å². The van der Waals surface area contributed by atoms with E-state index in [1.165, 1.54) is 6.20 Å². The third kappa shape index (κ3) is 10.8. The van der Waals surface area contributed by atoms with E-state index in [4.69, 9.17) is 24.4 Å². The summed E-state index contributed by atoms with van der Waals surface area (Å²) in [6.45, 7) is 14.0. The molecular formula is C37H48N4O7. The second kappa shape index (κ2) is 17.8. The Morgan fingerprint density at radius 2 is 1.50 bits per heavy atom. The van der Waals surface area contributed by atoms with Crippen LogP contribution in [-0.4, -0.2) is 71.0 Å². The van der Waals surface area contributed by atoms with Crippen LogP contribution in [0.4, 0.5) is 0 Å². The molecule has 3 rings (SSSR count). The van der Waals surface area contributed by atoms with Gasteiger partial charge >= 0.3 is 5.97 Å². The van der Waals surface area contributed by atoms with Crippen molar-refractivity contribution >= 4 is 23.6 Å². The fourth-order valence-electron chi connectivity index (χ4n) is 4.91. The number of nitrogens with one attached hydrogen (secondary N) is 2. The van der Waals surface area contributed by atoms with E-state index >= 15 is 0 Å². The number of carbonyl (C=O) groups excluding carboxylic acids is 3. The Kier molecular flexibility index (Phi) is 13.9. The summed E-state index contributed by atoms with van der Waals surface area (Å²) < 4.78 is 23.2. The number of aromatic nitrogens is 1. The zero-order valence-corrected chi connectivity index (χ0v) is 29.0. The van der Waals surface area contributed by atoms with E-state index in [9.17, 15) is 14.4 Å². The highest BCUT2D eigenvalue weighted by atomic mass is 16.6. The predicted molar refractivity (Wildman–Crippen MR) is 184 cm³/mol. The van der Waals surface area contributed by atoms with Gasteiger partial charge in [0.05, 0.1) is 30.9 Å². The van der Waals surface area contributed by atoms with Gasteiger partial charge in [0.25, 0.3) is 11.8 Å². The first-order valence-electron chi connectivity index (χ1n) is 16.3. The largest absolute Gasteiger partial charge is 0.494 e. The molecule has 0 unspecified atom stereocenters. The highest BCUT2D eigenvalue weighted by Gasteiger charge is 2.34. The van der Waals surface area contributed by atoms with Gasteiger partial charge in [0.2, 0.25) is 0 Å². The van der Waals surface area contributed by atoms with E-state index in [0.29, 0.717) is 41.4 Å². The van der Waals surface area contributed by atoms with Crippen LogP contribution in [-0.2, 0) is 9.53 Å². The van der Waals surface area contributed by atoms with Crippen LogP contribution in [0.3, 0.4) is 0 Å². The number of amides is 2. The first kappa shape index (κ1) is 37.5. The van der Waals surface area contributed by atoms with Crippen molar-refractivity contribution in [2.24, 2.45) is 0 Å². The summed E-state index contributed by atoms with van der Waals surface area (Å²) in [5.74, 6) is 0.335. The highest BCUT2D eigenvalue weighted by Crippen LogP contribution is 2.31. The molecule has 2 aromatic carbocycles.